The van der Waals surface area contributed by atoms with E-state index in [9.17, 15) is 9.59 Å². The third-order valence-corrected chi connectivity index (χ3v) is 2.44. The van der Waals surface area contributed by atoms with E-state index in [0.29, 0.717) is 11.4 Å². The monoisotopic (exact) mass is 301 g/mol. The van der Waals surface area contributed by atoms with E-state index >= 15 is 0 Å². The molecule has 0 radical (unpaired) electrons. The summed E-state index contributed by atoms with van der Waals surface area (Å²) < 4.78 is 5.33. The summed E-state index contributed by atoms with van der Waals surface area (Å²) in [6.07, 6.45) is -0.205. The van der Waals surface area contributed by atoms with Crippen LogP contribution in [0.4, 0.5) is 11.4 Å². The topological polar surface area (TPSA) is 82.0 Å². The van der Waals surface area contributed by atoms with Gasteiger partial charge >= 0.3 is 0 Å². The van der Waals surface area contributed by atoms with Crippen molar-refractivity contribution in [2.75, 3.05) is 10.6 Å². The molecule has 0 fully saturated rings. The zero-order valence-electron chi connectivity index (χ0n) is 11.2. The fraction of sp³-hybridized carbons (Fsp3) is 0.0667. The fourth-order valence-corrected chi connectivity index (χ4v) is 1.60. The molecule has 2 amide bonds. The standard InChI is InChI=1S/C15H14N2O2.HNS/c18-14(16-12-7-3-1-4-8-12)11-15(19)17-13-9-5-2-6-10-13;1-2/h1-10H,11H2,(H,16,18)(H,17,19);1H. The van der Waals surface area contributed by atoms with Crippen LogP contribution in [0.3, 0.4) is 0 Å². The molecule has 0 atom stereocenters. The van der Waals surface area contributed by atoms with Gasteiger partial charge in [0.1, 0.15) is 6.42 Å². The van der Waals surface area contributed by atoms with Crippen molar-refractivity contribution in [3.8, 4) is 0 Å². The largest absolute Gasteiger partial charge is 0.326 e. The lowest BCUT2D eigenvalue weighted by molar-refractivity contribution is -0.123. The summed E-state index contributed by atoms with van der Waals surface area (Å²) in [6.45, 7) is 0. The van der Waals surface area contributed by atoms with Gasteiger partial charge in [-0.05, 0) is 24.3 Å². The minimum absolute atomic E-state index is 0.205. The second-order valence-electron chi connectivity index (χ2n) is 4.01. The molecule has 0 unspecified atom stereocenters. The molecule has 0 aromatic heterocycles. The first kappa shape index (κ1) is 16.5. The SMILES string of the molecule is N=S.O=C(CC(=O)Nc1ccccc1)Nc1ccccc1. The smallest absolute Gasteiger partial charge is 0.233 e. The number of nitrogens with one attached hydrogen (secondary N) is 3. The van der Waals surface area contributed by atoms with E-state index < -0.39 is 0 Å². The summed E-state index contributed by atoms with van der Waals surface area (Å²) in [7, 11) is 0. The quantitative estimate of drug-likeness (QED) is 0.759. The number of hydrogen-bond acceptors (Lipinski definition) is 4. The highest BCUT2D eigenvalue weighted by atomic mass is 32.1. The minimum atomic E-state index is -0.334. The van der Waals surface area contributed by atoms with Gasteiger partial charge in [0.15, 0.2) is 0 Å². The molecule has 0 bridgehead atoms. The molecule has 6 heteroatoms. The first-order valence-electron chi connectivity index (χ1n) is 6.14. The second kappa shape index (κ2) is 9.33. The van der Waals surface area contributed by atoms with Crippen molar-refractivity contribution in [1.82, 2.24) is 0 Å². The predicted octanol–water partition coefficient (Wildman–Crippen LogP) is 2.95. The molecule has 0 spiro atoms. The molecule has 3 N–H and O–H groups in total. The van der Waals surface area contributed by atoms with Crippen molar-refractivity contribution >= 4 is 35.6 Å². The molecule has 2 aromatic rings. The fourth-order valence-electron chi connectivity index (χ4n) is 1.60. The van der Waals surface area contributed by atoms with Crippen LogP contribution in [-0.2, 0) is 22.0 Å². The van der Waals surface area contributed by atoms with E-state index in [1.165, 1.54) is 0 Å². The van der Waals surface area contributed by atoms with Gasteiger partial charge in [-0.15, -0.1) is 0 Å². The zero-order valence-corrected chi connectivity index (χ0v) is 12.0. The summed E-state index contributed by atoms with van der Waals surface area (Å²) in [5.41, 5.74) is 1.36. The van der Waals surface area contributed by atoms with Crippen LogP contribution in [-0.4, -0.2) is 11.8 Å². The summed E-state index contributed by atoms with van der Waals surface area (Å²) in [5, 5.41) is 5.32. The Balaban J connectivity index is 0.00000106. The van der Waals surface area contributed by atoms with Crippen LogP contribution in [0.5, 0.6) is 0 Å². The van der Waals surface area contributed by atoms with Gasteiger partial charge in [-0.2, -0.15) is 0 Å². The Kier molecular flexibility index (Phi) is 7.31. The maximum Gasteiger partial charge on any atom is 0.233 e. The predicted molar refractivity (Wildman–Crippen MR) is 84.8 cm³/mol. The molecule has 0 aliphatic rings. The van der Waals surface area contributed by atoms with E-state index in [4.69, 9.17) is 4.78 Å². The Bertz CT molecular complexity index is 524. The highest BCUT2D eigenvalue weighted by Crippen LogP contribution is 2.07. The van der Waals surface area contributed by atoms with Crippen molar-refractivity contribution in [3.63, 3.8) is 0 Å². The van der Waals surface area contributed by atoms with Gasteiger partial charge in [-0.3, -0.25) is 9.59 Å². The van der Waals surface area contributed by atoms with Crippen LogP contribution < -0.4 is 10.6 Å². The normalized spacial score (nSPS) is 8.95. The van der Waals surface area contributed by atoms with Crippen LogP contribution in [0.25, 0.3) is 0 Å². The number of benzene rings is 2. The van der Waals surface area contributed by atoms with Gasteiger partial charge in [0, 0.05) is 23.8 Å². The molecule has 0 heterocycles. The third-order valence-electron chi connectivity index (χ3n) is 2.44. The average molecular weight is 301 g/mol. The van der Waals surface area contributed by atoms with E-state index in [2.05, 4.69) is 23.1 Å². The van der Waals surface area contributed by atoms with Gasteiger partial charge in [0.2, 0.25) is 11.8 Å². The first-order chi connectivity index (χ1) is 10.2. The number of para-hydroxylation sites is 2. The van der Waals surface area contributed by atoms with Gasteiger partial charge in [0.05, 0.1) is 0 Å². The average Bonchev–Trinajstić information content (AvgIpc) is 2.51. The van der Waals surface area contributed by atoms with Crippen molar-refractivity contribution in [1.29, 1.82) is 4.78 Å². The number of carbonyl (C=O) groups excluding carboxylic acids is 2. The lowest BCUT2D eigenvalue weighted by atomic mass is 10.3. The minimum Gasteiger partial charge on any atom is -0.326 e. The van der Waals surface area contributed by atoms with Gasteiger partial charge < -0.3 is 10.6 Å². The van der Waals surface area contributed by atoms with E-state index in [0.717, 1.165) is 0 Å². The molecule has 2 rings (SSSR count). The van der Waals surface area contributed by atoms with Crippen molar-refractivity contribution in [2.45, 2.75) is 6.42 Å². The van der Waals surface area contributed by atoms with Crippen LogP contribution in [0.1, 0.15) is 6.42 Å². The molecule has 5 nitrogen and oxygen atoms in total. The van der Waals surface area contributed by atoms with Crippen LogP contribution >= 0.6 is 0 Å². The summed E-state index contributed by atoms with van der Waals surface area (Å²) in [5.74, 6) is -0.667. The highest BCUT2D eigenvalue weighted by molar-refractivity contribution is 7.45. The van der Waals surface area contributed by atoms with Crippen LogP contribution in [0, 0.1) is 4.78 Å². The van der Waals surface area contributed by atoms with Crippen molar-refractivity contribution in [2.24, 2.45) is 0 Å². The number of anilines is 2. The molecule has 2 aromatic carbocycles. The number of amides is 2. The second-order valence-corrected chi connectivity index (χ2v) is 4.01. The van der Waals surface area contributed by atoms with Crippen LogP contribution in [0.2, 0.25) is 0 Å². The number of hydrogen-bond donors (Lipinski definition) is 3. The van der Waals surface area contributed by atoms with Gasteiger partial charge in [0.25, 0.3) is 0 Å². The first-order valence-corrected chi connectivity index (χ1v) is 6.55. The molecular formula is C15H15N3O2S. The van der Waals surface area contributed by atoms with Crippen LogP contribution in [0.15, 0.2) is 60.7 Å². The Morgan fingerprint density at radius 1 is 0.762 bits per heavy atom. The highest BCUT2D eigenvalue weighted by Gasteiger charge is 2.09. The lowest BCUT2D eigenvalue weighted by Gasteiger charge is -2.06. The number of rotatable bonds is 4. The van der Waals surface area contributed by atoms with E-state index in [1.54, 1.807) is 24.3 Å². The summed E-state index contributed by atoms with van der Waals surface area (Å²) in [6, 6.07) is 18.1. The Hall–Kier alpha value is -2.60. The van der Waals surface area contributed by atoms with Crippen molar-refractivity contribution in [3.05, 3.63) is 60.7 Å². The molecule has 0 aliphatic carbocycles. The molecule has 0 saturated heterocycles. The molecule has 108 valence electrons. The summed E-state index contributed by atoms with van der Waals surface area (Å²) >= 11 is 3.33. The maximum atomic E-state index is 11.6. The van der Waals surface area contributed by atoms with Gasteiger partial charge in [-0.25, -0.2) is 4.78 Å². The molecule has 0 saturated carbocycles. The van der Waals surface area contributed by atoms with Gasteiger partial charge in [-0.1, -0.05) is 36.4 Å². The Labute approximate surface area is 128 Å². The van der Waals surface area contributed by atoms with E-state index in [1.807, 2.05) is 36.4 Å². The molecule has 21 heavy (non-hydrogen) atoms. The lowest BCUT2D eigenvalue weighted by Crippen LogP contribution is -2.21. The van der Waals surface area contributed by atoms with E-state index in [-0.39, 0.29) is 18.2 Å². The third kappa shape index (κ3) is 6.40. The van der Waals surface area contributed by atoms with Crippen molar-refractivity contribution < 1.29 is 9.59 Å². The Morgan fingerprint density at radius 3 is 1.43 bits per heavy atom. The maximum absolute atomic E-state index is 11.6. The molecular weight excluding hydrogens is 286 g/mol. The summed E-state index contributed by atoms with van der Waals surface area (Å²) in [4.78, 5) is 23.3. The molecule has 0 aliphatic heterocycles. The Morgan fingerprint density at radius 2 is 1.10 bits per heavy atom. The zero-order chi connectivity index (χ0) is 15.5. The number of carbonyl (C=O) groups is 2.